The van der Waals surface area contributed by atoms with Crippen LogP contribution < -0.4 is 10.1 Å². The highest BCUT2D eigenvalue weighted by Gasteiger charge is 2.42. The third kappa shape index (κ3) is 5.42. The van der Waals surface area contributed by atoms with Crippen molar-refractivity contribution in [2.75, 3.05) is 38.8 Å². The zero-order valence-electron chi connectivity index (χ0n) is 21.9. The number of aliphatic hydroxyl groups excluding tert-OH is 1. The van der Waals surface area contributed by atoms with Crippen LogP contribution in [0.25, 0.3) is 11.3 Å². The lowest BCUT2D eigenvalue weighted by Crippen LogP contribution is -2.45. The quantitative estimate of drug-likeness (QED) is 0.439. The lowest BCUT2D eigenvalue weighted by molar-refractivity contribution is -0.125. The fraction of sp³-hybridized carbons (Fsp3) is 0.379. The van der Waals surface area contributed by atoms with Crippen LogP contribution in [0, 0.1) is 0 Å². The van der Waals surface area contributed by atoms with Gasteiger partial charge >= 0.3 is 0 Å². The number of sulfonamides is 1. The summed E-state index contributed by atoms with van der Waals surface area (Å²) in [5, 5.41) is 12.6. The fourth-order valence-corrected chi connectivity index (χ4v) is 7.10. The first-order chi connectivity index (χ1) is 18.9. The number of rotatable bonds is 8. The highest BCUT2D eigenvalue weighted by molar-refractivity contribution is 7.89. The van der Waals surface area contributed by atoms with Crippen LogP contribution in [0.5, 0.6) is 5.75 Å². The molecule has 0 bridgehead atoms. The molecule has 0 saturated carbocycles. The summed E-state index contributed by atoms with van der Waals surface area (Å²) >= 11 is 0. The van der Waals surface area contributed by atoms with Crippen LogP contribution in [0.4, 0.5) is 5.82 Å². The molecule has 9 nitrogen and oxygen atoms in total. The third-order valence-corrected chi connectivity index (χ3v) is 9.67. The van der Waals surface area contributed by atoms with Gasteiger partial charge in [-0.15, -0.1) is 0 Å². The van der Waals surface area contributed by atoms with Gasteiger partial charge in [-0.25, -0.2) is 13.4 Å². The summed E-state index contributed by atoms with van der Waals surface area (Å²) in [7, 11) is -2.09. The molecule has 2 N–H and O–H groups in total. The number of carbonyl (C=O) groups excluding carboxylic acids is 1. The zero-order valence-corrected chi connectivity index (χ0v) is 22.7. The summed E-state index contributed by atoms with van der Waals surface area (Å²) in [5.41, 5.74) is 1.48. The van der Waals surface area contributed by atoms with Crippen LogP contribution in [0.2, 0.25) is 0 Å². The molecule has 2 aliphatic heterocycles. The SMILES string of the molecule is COc1ccc(C2(C(=O)Nc3cccc(-c4ccc(S(=O)(=O)N5CCC[C@@H]5CO)cc4)n3)CCOCC2)cc1. The van der Waals surface area contributed by atoms with E-state index in [1.807, 2.05) is 36.4 Å². The molecule has 3 aromatic rings. The number of hydrogen-bond donors (Lipinski definition) is 2. The first-order valence-electron chi connectivity index (χ1n) is 13.1. The van der Waals surface area contributed by atoms with E-state index < -0.39 is 15.4 Å². The maximum atomic E-state index is 13.7. The molecular weight excluding hydrogens is 518 g/mol. The van der Waals surface area contributed by atoms with Crippen LogP contribution in [0.15, 0.2) is 71.6 Å². The maximum absolute atomic E-state index is 13.7. The minimum Gasteiger partial charge on any atom is -0.497 e. The van der Waals surface area contributed by atoms with Gasteiger partial charge in [-0.2, -0.15) is 4.31 Å². The Kier molecular flexibility index (Phi) is 7.99. The lowest BCUT2D eigenvalue weighted by Gasteiger charge is -2.36. The first-order valence-corrected chi connectivity index (χ1v) is 14.6. The molecule has 1 atom stereocenters. The first kappa shape index (κ1) is 27.3. The molecule has 2 fully saturated rings. The van der Waals surface area contributed by atoms with Crippen molar-refractivity contribution in [3.05, 3.63) is 72.3 Å². The van der Waals surface area contributed by atoms with Gasteiger partial charge in [0.2, 0.25) is 15.9 Å². The van der Waals surface area contributed by atoms with Crippen molar-refractivity contribution in [2.45, 2.75) is 42.0 Å². The molecule has 1 amide bonds. The Labute approximate surface area is 228 Å². The van der Waals surface area contributed by atoms with E-state index in [1.165, 1.54) is 4.31 Å². The second kappa shape index (κ2) is 11.4. The Morgan fingerprint density at radius 2 is 1.82 bits per heavy atom. The number of methoxy groups -OCH3 is 1. The fourth-order valence-electron chi connectivity index (χ4n) is 5.42. The van der Waals surface area contributed by atoms with Gasteiger partial charge in [0.15, 0.2) is 0 Å². The molecule has 0 unspecified atom stereocenters. The predicted octanol–water partition coefficient (Wildman–Crippen LogP) is 3.59. The zero-order chi connectivity index (χ0) is 27.5. The standard InChI is InChI=1S/C29H33N3O6S/c1-37-24-11-9-22(10-12-24)29(15-18-38-19-16-29)28(34)31-27-6-2-5-26(30-27)21-7-13-25(14-8-21)39(35,36)32-17-3-4-23(32)20-33/h2,5-14,23,33H,3-4,15-20H2,1H3,(H,30,31,34)/t23-/m1/s1. The van der Waals surface area contributed by atoms with Gasteiger partial charge in [0.05, 0.1) is 29.7 Å². The monoisotopic (exact) mass is 551 g/mol. The van der Waals surface area contributed by atoms with Crippen molar-refractivity contribution in [3.8, 4) is 17.0 Å². The third-order valence-electron chi connectivity index (χ3n) is 7.70. The molecular formula is C29H33N3O6S. The number of aliphatic hydroxyl groups is 1. The summed E-state index contributed by atoms with van der Waals surface area (Å²) in [6.07, 6.45) is 2.49. The van der Waals surface area contributed by atoms with Crippen LogP contribution in [-0.4, -0.2) is 68.2 Å². The van der Waals surface area contributed by atoms with Crippen molar-refractivity contribution >= 4 is 21.7 Å². The topological polar surface area (TPSA) is 118 Å². The summed E-state index contributed by atoms with van der Waals surface area (Å²) in [4.78, 5) is 18.5. The molecule has 0 radical (unpaired) electrons. The van der Waals surface area contributed by atoms with E-state index in [4.69, 9.17) is 9.47 Å². The molecule has 5 rings (SSSR count). The number of hydrogen-bond acceptors (Lipinski definition) is 7. The number of aromatic nitrogens is 1. The molecule has 3 heterocycles. The number of nitrogens with zero attached hydrogens (tertiary/aromatic N) is 2. The minimum atomic E-state index is -3.70. The second-order valence-electron chi connectivity index (χ2n) is 9.90. The van der Waals surface area contributed by atoms with Gasteiger partial charge in [-0.05, 0) is 67.6 Å². The molecule has 10 heteroatoms. The van der Waals surface area contributed by atoms with E-state index in [9.17, 15) is 18.3 Å². The van der Waals surface area contributed by atoms with Crippen LogP contribution >= 0.6 is 0 Å². The van der Waals surface area contributed by atoms with Crippen molar-refractivity contribution in [1.29, 1.82) is 0 Å². The molecule has 0 spiro atoms. The normalized spacial score (nSPS) is 19.5. The van der Waals surface area contributed by atoms with Crippen LogP contribution in [-0.2, 0) is 25.0 Å². The van der Waals surface area contributed by atoms with Gasteiger partial charge in [-0.1, -0.05) is 30.3 Å². The molecule has 1 aromatic heterocycles. The maximum Gasteiger partial charge on any atom is 0.243 e. The van der Waals surface area contributed by atoms with E-state index in [2.05, 4.69) is 10.3 Å². The molecule has 39 heavy (non-hydrogen) atoms. The van der Waals surface area contributed by atoms with Crippen LogP contribution in [0.1, 0.15) is 31.2 Å². The van der Waals surface area contributed by atoms with E-state index >= 15 is 0 Å². The van der Waals surface area contributed by atoms with E-state index in [0.717, 1.165) is 23.3 Å². The highest BCUT2D eigenvalue weighted by Crippen LogP contribution is 2.37. The summed E-state index contributed by atoms with van der Waals surface area (Å²) in [6, 6.07) is 19.1. The molecule has 2 aromatic carbocycles. The largest absolute Gasteiger partial charge is 0.497 e. The summed E-state index contributed by atoms with van der Waals surface area (Å²) in [5.74, 6) is 0.991. The van der Waals surface area contributed by atoms with E-state index in [0.29, 0.717) is 50.5 Å². The Morgan fingerprint density at radius 3 is 2.49 bits per heavy atom. The molecule has 206 valence electrons. The smallest absolute Gasteiger partial charge is 0.243 e. The molecule has 2 saturated heterocycles. The number of nitrogens with one attached hydrogen (secondary N) is 1. The summed E-state index contributed by atoms with van der Waals surface area (Å²) < 4.78 is 38.4. The highest BCUT2D eigenvalue weighted by atomic mass is 32.2. The van der Waals surface area contributed by atoms with E-state index in [1.54, 1.807) is 37.4 Å². The predicted molar refractivity (Wildman–Crippen MR) is 147 cm³/mol. The van der Waals surface area contributed by atoms with Gasteiger partial charge in [-0.3, -0.25) is 4.79 Å². The molecule has 0 aliphatic carbocycles. The average molecular weight is 552 g/mol. The number of amides is 1. The van der Waals surface area contributed by atoms with Crippen molar-refractivity contribution < 1.29 is 27.8 Å². The van der Waals surface area contributed by atoms with Gasteiger partial charge in [0.25, 0.3) is 0 Å². The van der Waals surface area contributed by atoms with Gasteiger partial charge < -0.3 is 19.9 Å². The Hall–Kier alpha value is -3.31. The molecule has 2 aliphatic rings. The van der Waals surface area contributed by atoms with Crippen molar-refractivity contribution in [2.24, 2.45) is 0 Å². The number of carbonyl (C=O) groups is 1. The Balaban J connectivity index is 1.36. The minimum absolute atomic E-state index is 0.147. The van der Waals surface area contributed by atoms with Crippen molar-refractivity contribution in [3.63, 3.8) is 0 Å². The van der Waals surface area contributed by atoms with Crippen molar-refractivity contribution in [1.82, 2.24) is 9.29 Å². The van der Waals surface area contributed by atoms with E-state index in [-0.39, 0.29) is 23.5 Å². The Morgan fingerprint density at radius 1 is 1.10 bits per heavy atom. The number of pyridine rings is 1. The number of ether oxygens (including phenoxy) is 2. The average Bonchev–Trinajstić information content (AvgIpc) is 3.48. The van der Waals surface area contributed by atoms with Gasteiger partial charge in [0.1, 0.15) is 11.6 Å². The lowest BCUT2D eigenvalue weighted by atomic mass is 9.73. The van der Waals surface area contributed by atoms with Gasteiger partial charge in [0, 0.05) is 31.4 Å². The number of anilines is 1. The van der Waals surface area contributed by atoms with Crippen LogP contribution in [0.3, 0.4) is 0 Å². The Bertz CT molecular complexity index is 1400. The number of benzene rings is 2. The summed E-state index contributed by atoms with van der Waals surface area (Å²) in [6.45, 7) is 1.19. The second-order valence-corrected chi connectivity index (χ2v) is 11.8.